The summed E-state index contributed by atoms with van der Waals surface area (Å²) in [5.74, 6) is -0.939. The fourth-order valence-electron chi connectivity index (χ4n) is 3.44. The van der Waals surface area contributed by atoms with Crippen LogP contribution in [-0.2, 0) is 17.6 Å². The number of aromatic amines is 1. The lowest BCUT2D eigenvalue weighted by atomic mass is 9.86. The summed E-state index contributed by atoms with van der Waals surface area (Å²) in [4.78, 5) is 14.8. The van der Waals surface area contributed by atoms with Gasteiger partial charge in [-0.1, -0.05) is 36.4 Å². The van der Waals surface area contributed by atoms with Crippen LogP contribution in [-0.4, -0.2) is 16.1 Å². The van der Waals surface area contributed by atoms with Crippen molar-refractivity contribution in [1.82, 2.24) is 4.98 Å². The minimum Gasteiger partial charge on any atom is -0.481 e. The topological polar surface area (TPSA) is 53.1 Å². The van der Waals surface area contributed by atoms with E-state index in [0.717, 1.165) is 18.4 Å². The predicted molar refractivity (Wildman–Crippen MR) is 86.9 cm³/mol. The quantitative estimate of drug-likeness (QED) is 0.749. The number of aryl methyl sites for hydroxylation is 1. The molecule has 1 atom stereocenters. The summed E-state index contributed by atoms with van der Waals surface area (Å²) in [5, 5.41) is 10.5. The molecular formula is C19H17NO2. The molecule has 1 unspecified atom stereocenters. The van der Waals surface area contributed by atoms with E-state index in [2.05, 4.69) is 35.3 Å². The van der Waals surface area contributed by atoms with Crippen LogP contribution in [0.25, 0.3) is 22.0 Å². The van der Waals surface area contributed by atoms with Crippen LogP contribution >= 0.6 is 0 Å². The van der Waals surface area contributed by atoms with Crippen molar-refractivity contribution in [2.45, 2.75) is 19.3 Å². The molecule has 2 aromatic carbocycles. The van der Waals surface area contributed by atoms with E-state index in [-0.39, 0.29) is 5.92 Å². The molecule has 0 amide bonds. The molecule has 110 valence electrons. The average molecular weight is 291 g/mol. The molecule has 2 N–H and O–H groups in total. The zero-order valence-electron chi connectivity index (χ0n) is 12.2. The first-order valence-electron chi connectivity index (χ1n) is 7.64. The van der Waals surface area contributed by atoms with Crippen molar-refractivity contribution >= 4 is 16.9 Å². The molecule has 0 spiro atoms. The van der Waals surface area contributed by atoms with Crippen LogP contribution in [0.1, 0.15) is 17.7 Å². The molecule has 0 fully saturated rings. The van der Waals surface area contributed by atoms with Gasteiger partial charge in [-0.15, -0.1) is 0 Å². The molecule has 1 heterocycles. The van der Waals surface area contributed by atoms with Crippen molar-refractivity contribution in [1.29, 1.82) is 0 Å². The summed E-state index contributed by atoms with van der Waals surface area (Å²) in [7, 11) is 0. The number of H-pyrrole nitrogens is 1. The monoisotopic (exact) mass is 291 g/mol. The maximum Gasteiger partial charge on any atom is 0.306 e. The molecule has 3 heteroatoms. The zero-order chi connectivity index (χ0) is 15.1. The average Bonchev–Trinajstić information content (AvgIpc) is 2.92. The van der Waals surface area contributed by atoms with E-state index in [1.807, 2.05) is 18.2 Å². The molecular weight excluding hydrogens is 274 g/mol. The fourth-order valence-corrected chi connectivity index (χ4v) is 3.44. The molecule has 22 heavy (non-hydrogen) atoms. The third-order valence-corrected chi connectivity index (χ3v) is 4.64. The fraction of sp³-hybridized carbons (Fsp3) is 0.211. The maximum absolute atomic E-state index is 11.3. The van der Waals surface area contributed by atoms with Crippen molar-refractivity contribution in [2.24, 2.45) is 5.92 Å². The number of aromatic nitrogens is 1. The van der Waals surface area contributed by atoms with E-state index in [0.29, 0.717) is 6.42 Å². The molecule has 1 aliphatic carbocycles. The van der Waals surface area contributed by atoms with Gasteiger partial charge in [0, 0.05) is 16.6 Å². The number of carboxylic acids is 1. The van der Waals surface area contributed by atoms with Gasteiger partial charge in [0.15, 0.2) is 0 Å². The lowest BCUT2D eigenvalue weighted by molar-refractivity contribution is -0.142. The standard InChI is InChI=1S/C19H17NO2/c21-19(22)14-7-9-18-16(11-14)15-10-13(6-8-17(15)20-18)12-4-2-1-3-5-12/h1-6,8,10,14,20H,7,9,11H2,(H,21,22). The van der Waals surface area contributed by atoms with E-state index < -0.39 is 5.97 Å². The Bertz CT molecular complexity index is 849. The second-order valence-corrected chi connectivity index (χ2v) is 5.99. The lowest BCUT2D eigenvalue weighted by Gasteiger charge is -2.18. The van der Waals surface area contributed by atoms with Crippen LogP contribution in [0.15, 0.2) is 48.5 Å². The zero-order valence-corrected chi connectivity index (χ0v) is 12.2. The maximum atomic E-state index is 11.3. The summed E-state index contributed by atoms with van der Waals surface area (Å²) in [6.07, 6.45) is 2.17. The Balaban J connectivity index is 1.83. The third-order valence-electron chi connectivity index (χ3n) is 4.64. The van der Waals surface area contributed by atoms with Gasteiger partial charge >= 0.3 is 5.97 Å². The second-order valence-electron chi connectivity index (χ2n) is 5.99. The van der Waals surface area contributed by atoms with Gasteiger partial charge in [0.25, 0.3) is 0 Å². The Labute approximate surface area is 128 Å². The minimum atomic E-state index is -0.681. The molecule has 0 bridgehead atoms. The first kappa shape index (κ1) is 13.1. The van der Waals surface area contributed by atoms with Crippen LogP contribution in [0.3, 0.4) is 0 Å². The van der Waals surface area contributed by atoms with Crippen LogP contribution in [0.5, 0.6) is 0 Å². The number of aliphatic carboxylic acids is 1. The van der Waals surface area contributed by atoms with E-state index in [1.165, 1.54) is 27.8 Å². The normalized spacial score (nSPS) is 17.4. The van der Waals surface area contributed by atoms with Gasteiger partial charge in [0.05, 0.1) is 5.92 Å². The lowest BCUT2D eigenvalue weighted by Crippen LogP contribution is -2.21. The molecule has 0 aliphatic heterocycles. The number of carboxylic acid groups (broad SMARTS) is 1. The third kappa shape index (κ3) is 2.10. The van der Waals surface area contributed by atoms with Crippen molar-refractivity contribution in [3.05, 3.63) is 59.8 Å². The molecule has 1 aliphatic rings. The van der Waals surface area contributed by atoms with Gasteiger partial charge in [0.2, 0.25) is 0 Å². The summed E-state index contributed by atoms with van der Waals surface area (Å²) in [6, 6.07) is 16.7. The van der Waals surface area contributed by atoms with Gasteiger partial charge < -0.3 is 10.1 Å². The summed E-state index contributed by atoms with van der Waals surface area (Å²) in [5.41, 5.74) is 5.86. The molecule has 3 aromatic rings. The molecule has 3 nitrogen and oxygen atoms in total. The highest BCUT2D eigenvalue weighted by atomic mass is 16.4. The smallest absolute Gasteiger partial charge is 0.306 e. The SMILES string of the molecule is O=C(O)C1CCc2[nH]c3ccc(-c4ccccc4)cc3c2C1. The molecule has 0 radical (unpaired) electrons. The van der Waals surface area contributed by atoms with E-state index in [9.17, 15) is 9.90 Å². The number of benzene rings is 2. The largest absolute Gasteiger partial charge is 0.481 e. The van der Waals surface area contributed by atoms with Gasteiger partial charge in [0.1, 0.15) is 0 Å². The first-order valence-corrected chi connectivity index (χ1v) is 7.64. The number of hydrogen-bond donors (Lipinski definition) is 2. The van der Waals surface area contributed by atoms with Crippen LogP contribution < -0.4 is 0 Å². The van der Waals surface area contributed by atoms with Crippen LogP contribution in [0.4, 0.5) is 0 Å². The minimum absolute atomic E-state index is 0.258. The van der Waals surface area contributed by atoms with Gasteiger partial charge in [-0.2, -0.15) is 0 Å². The molecule has 1 aromatic heterocycles. The van der Waals surface area contributed by atoms with Crippen molar-refractivity contribution < 1.29 is 9.90 Å². The number of nitrogens with one attached hydrogen (secondary N) is 1. The van der Waals surface area contributed by atoms with Crippen molar-refractivity contribution in [3.8, 4) is 11.1 Å². The second kappa shape index (κ2) is 5.02. The highest BCUT2D eigenvalue weighted by Gasteiger charge is 2.27. The Morgan fingerprint density at radius 1 is 1.09 bits per heavy atom. The van der Waals surface area contributed by atoms with Crippen molar-refractivity contribution in [3.63, 3.8) is 0 Å². The predicted octanol–water partition coefficient (Wildman–Crippen LogP) is 4.02. The Morgan fingerprint density at radius 2 is 1.91 bits per heavy atom. The Kier molecular flexibility index (Phi) is 3.00. The summed E-state index contributed by atoms with van der Waals surface area (Å²) >= 11 is 0. The summed E-state index contributed by atoms with van der Waals surface area (Å²) in [6.45, 7) is 0. The Morgan fingerprint density at radius 3 is 2.68 bits per heavy atom. The number of hydrogen-bond acceptors (Lipinski definition) is 1. The number of fused-ring (bicyclic) bond motifs is 3. The van der Waals surface area contributed by atoms with Crippen molar-refractivity contribution in [2.75, 3.05) is 0 Å². The number of carbonyl (C=O) groups is 1. The van der Waals surface area contributed by atoms with E-state index in [4.69, 9.17) is 0 Å². The first-order chi connectivity index (χ1) is 10.7. The van der Waals surface area contributed by atoms with Gasteiger partial charge in [-0.25, -0.2) is 0 Å². The molecule has 0 saturated carbocycles. The van der Waals surface area contributed by atoms with E-state index in [1.54, 1.807) is 0 Å². The van der Waals surface area contributed by atoms with E-state index >= 15 is 0 Å². The highest BCUT2D eigenvalue weighted by Crippen LogP contribution is 2.34. The Hall–Kier alpha value is -2.55. The number of rotatable bonds is 2. The van der Waals surface area contributed by atoms with Gasteiger partial charge in [-0.3, -0.25) is 4.79 Å². The molecule has 4 rings (SSSR count). The highest BCUT2D eigenvalue weighted by molar-refractivity contribution is 5.90. The van der Waals surface area contributed by atoms with Gasteiger partial charge in [-0.05, 0) is 48.1 Å². The van der Waals surface area contributed by atoms with Crippen LogP contribution in [0.2, 0.25) is 0 Å². The molecule has 0 saturated heterocycles. The van der Waals surface area contributed by atoms with Crippen LogP contribution in [0, 0.1) is 5.92 Å². The summed E-state index contributed by atoms with van der Waals surface area (Å²) < 4.78 is 0.